The molecule has 0 bridgehead atoms. The van der Waals surface area contributed by atoms with E-state index in [1.54, 1.807) is 0 Å². The zero-order chi connectivity index (χ0) is 37.9. The predicted molar refractivity (Wildman–Crippen MR) is 241 cm³/mol. The van der Waals surface area contributed by atoms with Crippen molar-refractivity contribution in [1.29, 1.82) is 0 Å². The van der Waals surface area contributed by atoms with Crippen molar-refractivity contribution in [2.24, 2.45) is 0 Å². The summed E-state index contributed by atoms with van der Waals surface area (Å²) in [6.45, 7) is 13.8. The summed E-state index contributed by atoms with van der Waals surface area (Å²) in [4.78, 5) is 4.92. The molecule has 2 aliphatic heterocycles. The first-order chi connectivity index (χ1) is 26.4. The van der Waals surface area contributed by atoms with Gasteiger partial charge in [0, 0.05) is 44.1 Å². The Morgan fingerprint density at radius 1 is 0.418 bits per heavy atom. The minimum atomic E-state index is -2.53. The second kappa shape index (κ2) is 12.0. The molecule has 0 aliphatic carbocycles. The molecule has 0 N–H and O–H groups in total. The number of benzene rings is 7. The summed E-state index contributed by atoms with van der Waals surface area (Å²) >= 11 is 7.21. The molecule has 7 aromatic carbocycles. The normalized spacial score (nSPS) is 14.5. The molecule has 270 valence electrons. The van der Waals surface area contributed by atoms with Gasteiger partial charge in [0.1, 0.15) is 0 Å². The molecule has 0 saturated heterocycles. The molecule has 5 heteroatoms. The topological polar surface area (TPSA) is 11.4 Å². The molecule has 55 heavy (non-hydrogen) atoms. The van der Waals surface area contributed by atoms with Gasteiger partial charge in [-0.3, -0.25) is 0 Å². The van der Waals surface area contributed by atoms with Crippen LogP contribution in [0.3, 0.4) is 0 Å². The average Bonchev–Trinajstić information content (AvgIpc) is 3.51. The van der Waals surface area contributed by atoms with Crippen molar-refractivity contribution in [1.82, 2.24) is 4.57 Å². The number of fused-ring (bicyclic) bond motifs is 7. The molecular formula is C50H44N3PS. The minimum absolute atomic E-state index is 0.0177. The Hall–Kier alpha value is -5.41. The standard InChI is InChI=1S/C50H44N3PS/c1-49(2,3)33-25-27-40-38(29-33)39-30-34(50(4,5)6)26-28-41(39)53(40)37-31-44-48-45(32-37)52(36-19-11-8-12-20-36)43-22-14-16-24-47(43)54(48,55)46-23-15-13-21-42(46)51(44)35-17-9-7-10-18-35/h7-32H,1-6H3. The number of anilines is 6. The minimum Gasteiger partial charge on any atom is -0.309 e. The molecule has 0 saturated carbocycles. The molecule has 0 radical (unpaired) electrons. The van der Waals surface area contributed by atoms with Gasteiger partial charge in [0.15, 0.2) is 0 Å². The Balaban J connectivity index is 1.37. The predicted octanol–water partition coefficient (Wildman–Crippen LogP) is 12.7. The van der Waals surface area contributed by atoms with E-state index in [0.717, 1.165) is 39.8 Å². The highest BCUT2D eigenvalue weighted by Gasteiger charge is 2.45. The van der Waals surface area contributed by atoms with E-state index < -0.39 is 6.04 Å². The summed E-state index contributed by atoms with van der Waals surface area (Å²) in [7, 11) is 0. The van der Waals surface area contributed by atoms with Gasteiger partial charge in [-0.1, -0.05) is 138 Å². The fourth-order valence-electron chi connectivity index (χ4n) is 8.80. The average molecular weight is 750 g/mol. The summed E-state index contributed by atoms with van der Waals surface area (Å²) in [6, 6.07) is 55.9. The molecule has 3 heterocycles. The molecule has 1 aromatic heterocycles. The zero-order valence-electron chi connectivity index (χ0n) is 32.2. The quantitative estimate of drug-likeness (QED) is 0.167. The van der Waals surface area contributed by atoms with E-state index in [4.69, 9.17) is 11.8 Å². The van der Waals surface area contributed by atoms with Crippen molar-refractivity contribution in [3.05, 3.63) is 169 Å². The monoisotopic (exact) mass is 749 g/mol. The van der Waals surface area contributed by atoms with Crippen LogP contribution in [0.5, 0.6) is 0 Å². The SMILES string of the molecule is CC(C)(C)c1ccc2c(c1)c1cc(C(C)(C)C)ccc1n2-c1cc2c3c(c1)N(c1ccccc1)c1ccccc1P3(=S)c1ccccc1N2c1ccccc1. The van der Waals surface area contributed by atoms with E-state index in [0.29, 0.717) is 0 Å². The molecule has 8 aromatic rings. The first-order valence-corrected chi connectivity index (χ1v) is 22.0. The number of aromatic nitrogens is 1. The Bertz CT molecular complexity index is 2690. The van der Waals surface area contributed by atoms with E-state index in [1.165, 1.54) is 48.8 Å². The van der Waals surface area contributed by atoms with E-state index in [9.17, 15) is 0 Å². The number of hydrogen-bond acceptors (Lipinski definition) is 3. The highest BCUT2D eigenvalue weighted by atomic mass is 32.4. The van der Waals surface area contributed by atoms with Crippen molar-refractivity contribution in [3.63, 3.8) is 0 Å². The Kier molecular flexibility index (Phi) is 7.47. The molecule has 0 spiro atoms. The summed E-state index contributed by atoms with van der Waals surface area (Å²) in [5.74, 6) is 0. The van der Waals surface area contributed by atoms with E-state index in [1.807, 2.05) is 0 Å². The smallest absolute Gasteiger partial charge is 0.0594 e. The number of nitrogens with zero attached hydrogens (tertiary/aromatic N) is 3. The van der Waals surface area contributed by atoms with Gasteiger partial charge in [-0.15, -0.1) is 0 Å². The van der Waals surface area contributed by atoms with Crippen LogP contribution in [0.25, 0.3) is 27.5 Å². The largest absolute Gasteiger partial charge is 0.309 e. The first-order valence-electron chi connectivity index (χ1n) is 19.2. The van der Waals surface area contributed by atoms with Crippen LogP contribution in [0, 0.1) is 0 Å². The summed E-state index contributed by atoms with van der Waals surface area (Å²) in [6.07, 6.45) is 0. The van der Waals surface area contributed by atoms with Crippen LogP contribution in [0.15, 0.2) is 158 Å². The molecule has 0 atom stereocenters. The molecular weight excluding hydrogens is 706 g/mol. The number of hydrogen-bond donors (Lipinski definition) is 0. The summed E-state index contributed by atoms with van der Waals surface area (Å²) < 4.78 is 2.50. The van der Waals surface area contributed by atoms with Crippen LogP contribution >= 0.6 is 6.04 Å². The van der Waals surface area contributed by atoms with Gasteiger partial charge in [-0.25, -0.2) is 0 Å². The Morgan fingerprint density at radius 3 is 1.24 bits per heavy atom. The maximum absolute atomic E-state index is 7.21. The third-order valence-corrected chi connectivity index (χ3v) is 16.5. The summed E-state index contributed by atoms with van der Waals surface area (Å²) in [5, 5.41) is 6.26. The highest BCUT2D eigenvalue weighted by Crippen LogP contribution is 2.62. The van der Waals surface area contributed by atoms with E-state index >= 15 is 0 Å². The van der Waals surface area contributed by atoms with Crippen LogP contribution in [0.1, 0.15) is 52.7 Å². The van der Waals surface area contributed by atoms with Gasteiger partial charge in [-0.05, 0) is 94.8 Å². The van der Waals surface area contributed by atoms with Crippen molar-refractivity contribution in [3.8, 4) is 5.69 Å². The van der Waals surface area contributed by atoms with Crippen LogP contribution in [-0.2, 0) is 22.6 Å². The Morgan fingerprint density at radius 2 is 0.818 bits per heavy atom. The van der Waals surface area contributed by atoms with Crippen LogP contribution in [-0.4, -0.2) is 4.57 Å². The molecule has 3 nitrogen and oxygen atoms in total. The van der Waals surface area contributed by atoms with E-state index in [2.05, 4.69) is 214 Å². The molecule has 0 unspecified atom stereocenters. The Labute approximate surface area is 329 Å². The maximum Gasteiger partial charge on any atom is 0.0594 e. The lowest BCUT2D eigenvalue weighted by Gasteiger charge is -2.47. The van der Waals surface area contributed by atoms with Crippen molar-refractivity contribution in [2.45, 2.75) is 52.4 Å². The number of rotatable bonds is 3. The second-order valence-corrected chi connectivity index (χ2v) is 21.3. The van der Waals surface area contributed by atoms with Gasteiger partial charge >= 0.3 is 0 Å². The molecule has 0 amide bonds. The zero-order valence-corrected chi connectivity index (χ0v) is 33.9. The molecule has 2 aliphatic rings. The van der Waals surface area contributed by atoms with Crippen molar-refractivity contribution in [2.75, 3.05) is 9.80 Å². The van der Waals surface area contributed by atoms with Crippen molar-refractivity contribution < 1.29 is 0 Å². The lowest BCUT2D eigenvalue weighted by Crippen LogP contribution is -2.43. The van der Waals surface area contributed by atoms with Gasteiger partial charge in [0.05, 0.1) is 39.5 Å². The molecule has 10 rings (SSSR count). The lowest BCUT2D eigenvalue weighted by molar-refractivity contribution is 0.590. The lowest BCUT2D eigenvalue weighted by atomic mass is 9.85. The fourth-order valence-corrected chi connectivity index (χ4v) is 13.6. The highest BCUT2D eigenvalue weighted by molar-refractivity contribution is 8.26. The van der Waals surface area contributed by atoms with Gasteiger partial charge in [-0.2, -0.15) is 0 Å². The van der Waals surface area contributed by atoms with Crippen LogP contribution in [0.2, 0.25) is 0 Å². The number of para-hydroxylation sites is 4. The fraction of sp³-hybridized carbons (Fsp3) is 0.160. The van der Waals surface area contributed by atoms with E-state index in [-0.39, 0.29) is 10.8 Å². The molecule has 0 fully saturated rings. The van der Waals surface area contributed by atoms with Crippen LogP contribution in [0.4, 0.5) is 34.1 Å². The van der Waals surface area contributed by atoms with Gasteiger partial charge in [0.2, 0.25) is 0 Å². The van der Waals surface area contributed by atoms with Crippen molar-refractivity contribution >= 4 is 89.7 Å². The van der Waals surface area contributed by atoms with Gasteiger partial charge < -0.3 is 14.4 Å². The second-order valence-electron chi connectivity index (χ2n) is 17.1. The first kappa shape index (κ1) is 34.1. The maximum atomic E-state index is 7.21. The summed E-state index contributed by atoms with van der Waals surface area (Å²) in [5.41, 5.74) is 13.0. The van der Waals surface area contributed by atoms with Gasteiger partial charge in [0.25, 0.3) is 0 Å². The van der Waals surface area contributed by atoms with Crippen LogP contribution < -0.4 is 25.7 Å². The third-order valence-electron chi connectivity index (χ3n) is 11.6. The third kappa shape index (κ3) is 5.04.